The number of halogens is 1. The molecule has 1 N–H and O–H groups in total. The minimum Gasteiger partial charge on any atom is -0.440 e. The van der Waals surface area contributed by atoms with Gasteiger partial charge in [-0.2, -0.15) is 5.10 Å². The Labute approximate surface area is 156 Å². The topological polar surface area (TPSA) is 89.6 Å². The van der Waals surface area contributed by atoms with Crippen molar-refractivity contribution >= 4 is 33.0 Å². The first kappa shape index (κ1) is 15.5. The van der Waals surface area contributed by atoms with Crippen LogP contribution in [0.4, 0.5) is 4.39 Å². The van der Waals surface area contributed by atoms with E-state index in [-0.39, 0.29) is 28.4 Å². The Morgan fingerprint density at radius 2 is 2.11 bits per heavy atom. The summed E-state index contributed by atoms with van der Waals surface area (Å²) in [4.78, 5) is 21.8. The van der Waals surface area contributed by atoms with Crippen molar-refractivity contribution in [3.63, 3.8) is 0 Å². The van der Waals surface area contributed by atoms with Crippen molar-refractivity contribution in [2.45, 2.75) is 25.8 Å². The van der Waals surface area contributed by atoms with Gasteiger partial charge in [-0.05, 0) is 31.0 Å². The molecule has 138 valence electrons. The number of hydrogen-bond donors (Lipinski definition) is 1. The van der Waals surface area contributed by atoms with E-state index in [4.69, 9.17) is 4.42 Å². The summed E-state index contributed by atoms with van der Waals surface area (Å²) in [5, 5.41) is 8.20. The highest BCUT2D eigenvalue weighted by atomic mass is 19.1. The molecule has 1 aliphatic carbocycles. The van der Waals surface area contributed by atoms with Gasteiger partial charge in [0.1, 0.15) is 17.2 Å². The van der Waals surface area contributed by atoms with E-state index in [1.807, 2.05) is 12.1 Å². The zero-order valence-electron chi connectivity index (χ0n) is 14.9. The lowest BCUT2D eigenvalue weighted by Crippen LogP contribution is -2.21. The van der Waals surface area contributed by atoms with E-state index >= 15 is 4.39 Å². The molecule has 28 heavy (non-hydrogen) atoms. The summed E-state index contributed by atoms with van der Waals surface area (Å²) >= 11 is 0. The maximum Gasteiger partial charge on any atom is 0.282 e. The highest BCUT2D eigenvalue weighted by molar-refractivity contribution is 6.00. The minimum atomic E-state index is -0.480. The minimum absolute atomic E-state index is 0.0681. The van der Waals surface area contributed by atoms with E-state index in [1.54, 1.807) is 23.8 Å². The molecule has 0 unspecified atom stereocenters. The van der Waals surface area contributed by atoms with Gasteiger partial charge in [0.05, 0.1) is 17.1 Å². The van der Waals surface area contributed by atoms with Gasteiger partial charge in [-0.15, -0.1) is 0 Å². The van der Waals surface area contributed by atoms with E-state index in [0.29, 0.717) is 22.5 Å². The standard InChI is InChI=1S/C20H14FN5O2/c1-9-23-17-18(28-9)13-7-14(21)16(10-2-5-15-11(6-10)8-22-25-15)24-19(13)26(20(17)27)12-3-4-12/h2,5-8,12H,3-4H2,1H3,(H,22,25). The van der Waals surface area contributed by atoms with Gasteiger partial charge < -0.3 is 4.42 Å². The summed E-state index contributed by atoms with van der Waals surface area (Å²) < 4.78 is 22.3. The molecule has 1 aliphatic rings. The average molecular weight is 375 g/mol. The second-order valence-corrected chi connectivity index (χ2v) is 7.18. The Bertz CT molecular complexity index is 1480. The van der Waals surface area contributed by atoms with Crippen molar-refractivity contribution < 1.29 is 8.81 Å². The molecular weight excluding hydrogens is 361 g/mol. The number of aryl methyl sites for hydroxylation is 1. The fourth-order valence-corrected chi connectivity index (χ4v) is 3.76. The van der Waals surface area contributed by atoms with Gasteiger partial charge in [0.15, 0.2) is 17.0 Å². The molecule has 4 aromatic heterocycles. The molecule has 1 aromatic carbocycles. The Kier molecular flexibility index (Phi) is 2.91. The van der Waals surface area contributed by atoms with Crippen molar-refractivity contribution in [3.05, 3.63) is 52.5 Å². The number of benzene rings is 1. The largest absolute Gasteiger partial charge is 0.440 e. The van der Waals surface area contributed by atoms with Crippen LogP contribution in [0.2, 0.25) is 0 Å². The monoisotopic (exact) mass is 375 g/mol. The zero-order chi connectivity index (χ0) is 19.0. The van der Waals surface area contributed by atoms with Crippen molar-refractivity contribution in [1.82, 2.24) is 24.7 Å². The molecule has 6 rings (SSSR count). The van der Waals surface area contributed by atoms with E-state index in [0.717, 1.165) is 23.7 Å². The predicted molar refractivity (Wildman–Crippen MR) is 102 cm³/mol. The summed E-state index contributed by atoms with van der Waals surface area (Å²) in [5.74, 6) is -0.108. The van der Waals surface area contributed by atoms with E-state index in [2.05, 4.69) is 20.2 Å². The van der Waals surface area contributed by atoms with Gasteiger partial charge in [-0.25, -0.2) is 14.4 Å². The van der Waals surface area contributed by atoms with Crippen LogP contribution in [0.3, 0.4) is 0 Å². The van der Waals surface area contributed by atoms with Gasteiger partial charge >= 0.3 is 0 Å². The second kappa shape index (κ2) is 5.25. The number of aromatic nitrogens is 5. The fourth-order valence-electron chi connectivity index (χ4n) is 3.76. The quantitative estimate of drug-likeness (QED) is 0.506. The predicted octanol–water partition coefficient (Wildman–Crippen LogP) is 3.86. The van der Waals surface area contributed by atoms with Gasteiger partial charge in [0.25, 0.3) is 5.56 Å². The van der Waals surface area contributed by atoms with Crippen LogP contribution >= 0.6 is 0 Å². The van der Waals surface area contributed by atoms with Crippen molar-refractivity contribution in [3.8, 4) is 11.3 Å². The summed E-state index contributed by atoms with van der Waals surface area (Å²) in [7, 11) is 0. The van der Waals surface area contributed by atoms with Crippen molar-refractivity contribution in [1.29, 1.82) is 0 Å². The van der Waals surface area contributed by atoms with Crippen LogP contribution in [-0.4, -0.2) is 24.7 Å². The van der Waals surface area contributed by atoms with Crippen LogP contribution < -0.4 is 5.56 Å². The normalized spacial score (nSPS) is 14.5. The molecule has 1 fully saturated rings. The maximum absolute atomic E-state index is 15.1. The molecular formula is C20H14FN5O2. The lowest BCUT2D eigenvalue weighted by atomic mass is 10.1. The molecule has 0 amide bonds. The third kappa shape index (κ3) is 2.08. The summed E-state index contributed by atoms with van der Waals surface area (Å²) in [6.07, 6.45) is 3.47. The van der Waals surface area contributed by atoms with Crippen LogP contribution in [0.25, 0.3) is 44.3 Å². The van der Waals surface area contributed by atoms with Crippen LogP contribution in [0.1, 0.15) is 24.8 Å². The van der Waals surface area contributed by atoms with Crippen LogP contribution in [0.5, 0.6) is 0 Å². The van der Waals surface area contributed by atoms with E-state index in [9.17, 15) is 4.79 Å². The number of H-pyrrole nitrogens is 1. The van der Waals surface area contributed by atoms with Gasteiger partial charge in [-0.3, -0.25) is 14.5 Å². The number of pyridine rings is 2. The Morgan fingerprint density at radius 3 is 2.93 bits per heavy atom. The summed E-state index contributed by atoms with van der Waals surface area (Å²) in [5.41, 5.74) is 2.39. The highest BCUT2D eigenvalue weighted by Gasteiger charge is 2.30. The highest BCUT2D eigenvalue weighted by Crippen LogP contribution is 2.38. The summed E-state index contributed by atoms with van der Waals surface area (Å²) in [6.45, 7) is 1.67. The van der Waals surface area contributed by atoms with Crippen LogP contribution in [0, 0.1) is 12.7 Å². The van der Waals surface area contributed by atoms with E-state index in [1.165, 1.54) is 6.07 Å². The number of aromatic amines is 1. The number of nitrogens with zero attached hydrogens (tertiary/aromatic N) is 4. The molecule has 1 saturated carbocycles. The Morgan fingerprint density at radius 1 is 1.25 bits per heavy atom. The van der Waals surface area contributed by atoms with Crippen LogP contribution in [-0.2, 0) is 0 Å². The second-order valence-electron chi connectivity index (χ2n) is 7.18. The maximum atomic E-state index is 15.1. The average Bonchev–Trinajstić information content (AvgIpc) is 3.25. The SMILES string of the molecule is Cc1nc2c(=O)n(C3CC3)c3nc(-c4ccc5[nH]ncc5c4)c(F)cc3c2o1. The van der Waals surface area contributed by atoms with Crippen LogP contribution in [0.15, 0.2) is 39.7 Å². The van der Waals surface area contributed by atoms with Crippen molar-refractivity contribution in [2.24, 2.45) is 0 Å². The zero-order valence-corrected chi connectivity index (χ0v) is 14.9. The van der Waals surface area contributed by atoms with Gasteiger partial charge in [-0.1, -0.05) is 6.07 Å². The molecule has 0 bridgehead atoms. The number of nitrogens with one attached hydrogen (secondary N) is 1. The molecule has 0 spiro atoms. The first-order valence-corrected chi connectivity index (χ1v) is 9.05. The van der Waals surface area contributed by atoms with Crippen molar-refractivity contribution in [2.75, 3.05) is 0 Å². The lowest BCUT2D eigenvalue weighted by molar-refractivity contribution is 0.562. The number of hydrogen-bond acceptors (Lipinski definition) is 5. The molecule has 5 aromatic rings. The Balaban J connectivity index is 1.72. The third-order valence-corrected chi connectivity index (χ3v) is 5.21. The molecule has 0 saturated heterocycles. The van der Waals surface area contributed by atoms with Gasteiger partial charge in [0, 0.05) is 23.9 Å². The smallest absolute Gasteiger partial charge is 0.282 e. The number of rotatable bonds is 2. The third-order valence-electron chi connectivity index (χ3n) is 5.21. The number of oxazole rings is 1. The molecule has 7 nitrogen and oxygen atoms in total. The number of fused-ring (bicyclic) bond motifs is 4. The molecule has 0 radical (unpaired) electrons. The molecule has 8 heteroatoms. The summed E-state index contributed by atoms with van der Waals surface area (Å²) in [6, 6.07) is 6.91. The first-order valence-electron chi connectivity index (χ1n) is 9.05. The molecule has 0 atom stereocenters. The fraction of sp³-hybridized carbons (Fsp3) is 0.200. The first-order chi connectivity index (χ1) is 13.6. The lowest BCUT2D eigenvalue weighted by Gasteiger charge is -2.11. The van der Waals surface area contributed by atoms with E-state index < -0.39 is 5.82 Å². The van der Waals surface area contributed by atoms with Gasteiger partial charge in [0.2, 0.25) is 0 Å². The molecule has 4 heterocycles. The molecule has 0 aliphatic heterocycles. The Hall–Kier alpha value is -3.55.